The number of hydrogen-bond acceptors (Lipinski definition) is 3. The first-order valence-electron chi connectivity index (χ1n) is 6.99. The van der Waals surface area contributed by atoms with Gasteiger partial charge in [0.15, 0.2) is 0 Å². The third-order valence-electron chi connectivity index (χ3n) is 3.42. The fraction of sp³-hybridized carbons (Fsp3) is 0.250. The van der Waals surface area contributed by atoms with Crippen LogP contribution in [0.4, 0.5) is 4.39 Å². The molecule has 7 heteroatoms. The second-order valence-corrected chi connectivity index (χ2v) is 7.34. The lowest BCUT2D eigenvalue weighted by Crippen LogP contribution is -2.26. The van der Waals surface area contributed by atoms with Gasteiger partial charge in [0, 0.05) is 11.6 Å². The number of halogens is 2. The van der Waals surface area contributed by atoms with Crippen LogP contribution in [0, 0.1) is 12.7 Å². The molecule has 2 rings (SSSR count). The molecule has 1 atom stereocenters. The predicted octanol–water partition coefficient (Wildman–Crippen LogP) is 3.19. The SMILES string of the molecule is Cc1ccc(S(=O)(=O)NCCC(O)c2ccc(F)cc2)cc1Cl. The maximum atomic E-state index is 12.8. The van der Waals surface area contributed by atoms with Crippen molar-refractivity contribution in [2.45, 2.75) is 24.3 Å². The van der Waals surface area contributed by atoms with Gasteiger partial charge in [-0.25, -0.2) is 17.5 Å². The first-order valence-corrected chi connectivity index (χ1v) is 8.85. The van der Waals surface area contributed by atoms with Crippen LogP contribution in [0.3, 0.4) is 0 Å². The maximum absolute atomic E-state index is 12.8. The molecular formula is C16H17ClFNO3S. The summed E-state index contributed by atoms with van der Waals surface area (Å²) in [5, 5.41) is 10.4. The zero-order valence-electron chi connectivity index (χ0n) is 12.5. The molecule has 23 heavy (non-hydrogen) atoms. The summed E-state index contributed by atoms with van der Waals surface area (Å²) in [6.07, 6.45) is -0.704. The molecule has 0 saturated carbocycles. The van der Waals surface area contributed by atoms with Gasteiger partial charge in [0.2, 0.25) is 10.0 Å². The molecule has 2 aromatic carbocycles. The first-order chi connectivity index (χ1) is 10.8. The van der Waals surface area contributed by atoms with Crippen molar-refractivity contribution < 1.29 is 17.9 Å². The summed E-state index contributed by atoms with van der Waals surface area (Å²) < 4.78 is 39.6. The van der Waals surface area contributed by atoms with E-state index in [1.807, 2.05) is 0 Å². The number of nitrogens with one attached hydrogen (secondary N) is 1. The topological polar surface area (TPSA) is 66.4 Å². The van der Waals surface area contributed by atoms with Crippen molar-refractivity contribution >= 4 is 21.6 Å². The van der Waals surface area contributed by atoms with Gasteiger partial charge in [-0.3, -0.25) is 0 Å². The quantitative estimate of drug-likeness (QED) is 0.834. The summed E-state index contributed by atoms with van der Waals surface area (Å²) in [7, 11) is -3.69. The molecule has 1 unspecified atom stereocenters. The third-order valence-corrected chi connectivity index (χ3v) is 5.28. The van der Waals surface area contributed by atoms with Gasteiger partial charge in [0.25, 0.3) is 0 Å². The fourth-order valence-electron chi connectivity index (χ4n) is 2.01. The highest BCUT2D eigenvalue weighted by atomic mass is 35.5. The van der Waals surface area contributed by atoms with Crippen molar-refractivity contribution in [2.24, 2.45) is 0 Å². The second-order valence-electron chi connectivity index (χ2n) is 5.16. The zero-order valence-corrected chi connectivity index (χ0v) is 14.0. The summed E-state index contributed by atoms with van der Waals surface area (Å²) in [6, 6.07) is 9.91. The van der Waals surface area contributed by atoms with Crippen molar-refractivity contribution in [1.82, 2.24) is 4.72 Å². The van der Waals surface area contributed by atoms with Crippen LogP contribution in [-0.4, -0.2) is 20.1 Å². The molecule has 0 radical (unpaired) electrons. The minimum Gasteiger partial charge on any atom is -0.388 e. The van der Waals surface area contributed by atoms with Crippen molar-refractivity contribution in [1.29, 1.82) is 0 Å². The van der Waals surface area contributed by atoms with E-state index in [4.69, 9.17) is 11.6 Å². The zero-order chi connectivity index (χ0) is 17.0. The first kappa shape index (κ1) is 17.9. The summed E-state index contributed by atoms with van der Waals surface area (Å²) in [4.78, 5) is 0.0735. The summed E-state index contributed by atoms with van der Waals surface area (Å²) in [5.74, 6) is -0.391. The van der Waals surface area contributed by atoms with Crippen molar-refractivity contribution in [2.75, 3.05) is 6.54 Å². The molecule has 0 aliphatic heterocycles. The highest BCUT2D eigenvalue weighted by Gasteiger charge is 2.16. The van der Waals surface area contributed by atoms with Gasteiger partial charge in [-0.05, 0) is 48.7 Å². The van der Waals surface area contributed by atoms with Crippen molar-refractivity contribution in [3.63, 3.8) is 0 Å². The number of aliphatic hydroxyl groups excluding tert-OH is 1. The van der Waals surface area contributed by atoms with Gasteiger partial charge in [-0.1, -0.05) is 29.8 Å². The molecule has 4 nitrogen and oxygen atoms in total. The van der Waals surface area contributed by atoms with Crippen LogP contribution in [0.2, 0.25) is 5.02 Å². The lowest BCUT2D eigenvalue weighted by Gasteiger charge is -2.12. The number of rotatable bonds is 6. The number of benzene rings is 2. The number of aryl methyl sites for hydroxylation is 1. The van der Waals surface area contributed by atoms with Crippen LogP contribution in [0.15, 0.2) is 47.4 Å². The Balaban J connectivity index is 1.96. The van der Waals surface area contributed by atoms with Crippen LogP contribution in [0.5, 0.6) is 0 Å². The molecule has 0 aliphatic carbocycles. The highest BCUT2D eigenvalue weighted by molar-refractivity contribution is 7.89. The molecule has 0 aliphatic rings. The Morgan fingerprint density at radius 2 is 1.87 bits per heavy atom. The van der Waals surface area contributed by atoms with Crippen LogP contribution in [0.25, 0.3) is 0 Å². The van der Waals surface area contributed by atoms with Crippen molar-refractivity contribution in [3.8, 4) is 0 Å². The Morgan fingerprint density at radius 1 is 1.22 bits per heavy atom. The number of aliphatic hydroxyl groups is 1. The Kier molecular flexibility index (Phi) is 5.75. The summed E-state index contributed by atoms with van der Waals surface area (Å²) in [5.41, 5.74) is 1.32. The monoisotopic (exact) mass is 357 g/mol. The highest BCUT2D eigenvalue weighted by Crippen LogP contribution is 2.20. The van der Waals surface area contributed by atoms with E-state index in [9.17, 15) is 17.9 Å². The van der Waals surface area contributed by atoms with E-state index in [0.717, 1.165) is 5.56 Å². The average molecular weight is 358 g/mol. The standard InChI is InChI=1S/C16H17ClFNO3S/c1-11-2-7-14(10-15(11)17)23(21,22)19-9-8-16(20)12-3-5-13(18)6-4-12/h2-7,10,16,19-20H,8-9H2,1H3. The number of sulfonamides is 1. The second kappa shape index (κ2) is 7.40. The number of hydrogen-bond donors (Lipinski definition) is 2. The Hall–Kier alpha value is -1.47. The smallest absolute Gasteiger partial charge is 0.240 e. The van der Waals surface area contributed by atoms with Gasteiger partial charge in [-0.15, -0.1) is 0 Å². The largest absolute Gasteiger partial charge is 0.388 e. The molecule has 2 N–H and O–H groups in total. The lowest BCUT2D eigenvalue weighted by molar-refractivity contribution is 0.169. The molecule has 0 bridgehead atoms. The van der Waals surface area contributed by atoms with Crippen LogP contribution < -0.4 is 4.72 Å². The van der Waals surface area contributed by atoms with E-state index >= 15 is 0 Å². The van der Waals surface area contributed by atoms with E-state index in [0.29, 0.717) is 10.6 Å². The molecule has 0 heterocycles. The molecule has 0 saturated heterocycles. The molecular weight excluding hydrogens is 341 g/mol. The van der Waals surface area contributed by atoms with Gasteiger partial charge in [0.1, 0.15) is 5.82 Å². The Morgan fingerprint density at radius 3 is 2.48 bits per heavy atom. The van der Waals surface area contributed by atoms with E-state index in [1.165, 1.54) is 36.4 Å². The minimum atomic E-state index is -3.69. The van der Waals surface area contributed by atoms with Crippen molar-refractivity contribution in [3.05, 3.63) is 64.4 Å². The lowest BCUT2D eigenvalue weighted by atomic mass is 10.1. The molecule has 0 amide bonds. The van der Waals surface area contributed by atoms with Crippen LogP contribution in [-0.2, 0) is 10.0 Å². The minimum absolute atomic E-state index is 0.0480. The molecule has 0 aromatic heterocycles. The van der Waals surface area contributed by atoms with Gasteiger partial charge >= 0.3 is 0 Å². The maximum Gasteiger partial charge on any atom is 0.240 e. The van der Waals surface area contributed by atoms with Gasteiger partial charge in [-0.2, -0.15) is 0 Å². The van der Waals surface area contributed by atoms with E-state index in [-0.39, 0.29) is 17.9 Å². The van der Waals surface area contributed by atoms with Gasteiger partial charge < -0.3 is 5.11 Å². The Bertz CT molecular complexity index is 778. The molecule has 0 fully saturated rings. The van der Waals surface area contributed by atoms with Crippen LogP contribution in [0.1, 0.15) is 23.7 Å². The summed E-state index contributed by atoms with van der Waals surface area (Å²) in [6.45, 7) is 1.83. The summed E-state index contributed by atoms with van der Waals surface area (Å²) >= 11 is 5.93. The van der Waals surface area contributed by atoms with E-state index in [2.05, 4.69) is 4.72 Å². The third kappa shape index (κ3) is 4.75. The van der Waals surface area contributed by atoms with Gasteiger partial charge in [0.05, 0.1) is 11.0 Å². The normalized spacial score (nSPS) is 13.0. The average Bonchev–Trinajstić information content (AvgIpc) is 2.50. The van der Waals surface area contributed by atoms with E-state index in [1.54, 1.807) is 13.0 Å². The molecule has 0 spiro atoms. The van der Waals surface area contributed by atoms with E-state index < -0.39 is 21.9 Å². The fourth-order valence-corrected chi connectivity index (χ4v) is 3.32. The predicted molar refractivity (Wildman–Crippen MR) is 87.4 cm³/mol. The Labute approximate surface area is 140 Å². The molecule has 124 valence electrons. The van der Waals surface area contributed by atoms with Crippen LogP contribution >= 0.6 is 11.6 Å². The molecule has 2 aromatic rings.